The monoisotopic (exact) mass is 296 g/mol. The van der Waals surface area contributed by atoms with Crippen molar-refractivity contribution < 1.29 is 0 Å². The highest BCUT2D eigenvalue weighted by Crippen LogP contribution is 2.26. The maximum Gasteiger partial charge on any atom is -0.000209 e. The quantitative estimate of drug-likeness (QED) is 0.434. The van der Waals surface area contributed by atoms with E-state index in [9.17, 15) is 0 Å². The first kappa shape index (κ1) is 13.7. The highest BCUT2D eigenvalue weighted by atomic mass is 127. The average molecular weight is 296 g/mol. The summed E-state index contributed by atoms with van der Waals surface area (Å²) in [5.74, 6) is 1.95. The summed E-state index contributed by atoms with van der Waals surface area (Å²) in [7, 11) is 0. The van der Waals surface area contributed by atoms with Crippen molar-refractivity contribution >= 4 is 22.6 Å². The molecule has 0 saturated heterocycles. The van der Waals surface area contributed by atoms with Crippen LogP contribution in [-0.4, -0.2) is 4.43 Å². The Bertz CT molecular complexity index is 101. The minimum absolute atomic E-state index is 0.948. The zero-order valence-electron chi connectivity index (χ0n) is 9.48. The second-order valence-electron chi connectivity index (χ2n) is 4.15. The summed E-state index contributed by atoms with van der Waals surface area (Å²) in [6.45, 7) is 7.05. The van der Waals surface area contributed by atoms with Gasteiger partial charge in [-0.25, -0.2) is 0 Å². The van der Waals surface area contributed by atoms with Gasteiger partial charge in [0.1, 0.15) is 0 Å². The Morgan fingerprint density at radius 2 is 1.69 bits per heavy atom. The molecule has 80 valence electrons. The molecule has 0 radical (unpaired) electrons. The smallest absolute Gasteiger partial charge is 0.000209 e. The van der Waals surface area contributed by atoms with Crippen molar-refractivity contribution in [2.75, 3.05) is 4.43 Å². The highest BCUT2D eigenvalue weighted by molar-refractivity contribution is 14.1. The summed E-state index contributed by atoms with van der Waals surface area (Å²) in [6, 6.07) is 0. The zero-order chi connectivity index (χ0) is 10.1. The molecule has 0 fully saturated rings. The average Bonchev–Trinajstić information content (AvgIpc) is 2.12. The van der Waals surface area contributed by atoms with Crippen LogP contribution in [0.5, 0.6) is 0 Å². The molecule has 0 nitrogen and oxygen atoms in total. The minimum atomic E-state index is 0.948. The van der Waals surface area contributed by atoms with Gasteiger partial charge in [0.05, 0.1) is 0 Å². The normalized spacial score (nSPS) is 15.7. The molecule has 0 aliphatic heterocycles. The lowest BCUT2D eigenvalue weighted by Crippen LogP contribution is -2.12. The molecule has 2 unspecified atom stereocenters. The van der Waals surface area contributed by atoms with Crippen molar-refractivity contribution in [1.82, 2.24) is 0 Å². The molecule has 0 aliphatic rings. The summed E-state index contributed by atoms with van der Waals surface area (Å²) < 4.78 is 1.32. The molecule has 0 N–H and O–H groups in total. The molecule has 0 rings (SSSR count). The number of alkyl halides is 1. The third-order valence-electron chi connectivity index (χ3n) is 2.96. The summed E-state index contributed by atoms with van der Waals surface area (Å²) in [6.07, 6.45) is 8.46. The molecule has 0 aromatic rings. The van der Waals surface area contributed by atoms with Crippen LogP contribution in [0, 0.1) is 11.8 Å². The highest BCUT2D eigenvalue weighted by Gasteiger charge is 2.14. The van der Waals surface area contributed by atoms with E-state index >= 15 is 0 Å². The van der Waals surface area contributed by atoms with Gasteiger partial charge in [0.15, 0.2) is 0 Å². The Labute approximate surface area is 98.0 Å². The van der Waals surface area contributed by atoms with E-state index in [1.807, 2.05) is 0 Å². The summed E-state index contributed by atoms with van der Waals surface area (Å²) in [5.41, 5.74) is 0. The van der Waals surface area contributed by atoms with Crippen LogP contribution in [0.2, 0.25) is 0 Å². The number of unbranched alkanes of at least 4 members (excludes halogenated alkanes) is 1. The number of hydrogen-bond donors (Lipinski definition) is 0. The van der Waals surface area contributed by atoms with Crippen molar-refractivity contribution in [1.29, 1.82) is 0 Å². The van der Waals surface area contributed by atoms with Crippen LogP contribution < -0.4 is 0 Å². The fourth-order valence-corrected chi connectivity index (χ4v) is 2.94. The van der Waals surface area contributed by atoms with Crippen LogP contribution in [0.4, 0.5) is 0 Å². The van der Waals surface area contributed by atoms with Gasteiger partial charge in [-0.05, 0) is 22.7 Å². The Morgan fingerprint density at radius 1 is 1.00 bits per heavy atom. The van der Waals surface area contributed by atoms with Crippen LogP contribution >= 0.6 is 22.6 Å². The topological polar surface area (TPSA) is 0 Å². The van der Waals surface area contributed by atoms with E-state index in [0.29, 0.717) is 0 Å². The summed E-state index contributed by atoms with van der Waals surface area (Å²) in [5, 5.41) is 0. The Kier molecular flexibility index (Phi) is 9.81. The fourth-order valence-electron chi connectivity index (χ4n) is 1.96. The second kappa shape index (κ2) is 9.29. The number of rotatable bonds is 8. The van der Waals surface area contributed by atoms with E-state index < -0.39 is 0 Å². The molecule has 0 amide bonds. The molecule has 2 atom stereocenters. The lowest BCUT2D eigenvalue weighted by Gasteiger charge is -2.22. The minimum Gasteiger partial charge on any atom is -0.0864 e. The van der Waals surface area contributed by atoms with Gasteiger partial charge in [0, 0.05) is 0 Å². The third-order valence-corrected chi connectivity index (χ3v) is 3.58. The van der Waals surface area contributed by atoms with Crippen molar-refractivity contribution in [2.45, 2.75) is 59.3 Å². The molecule has 0 aromatic heterocycles. The molecule has 0 heterocycles. The zero-order valence-corrected chi connectivity index (χ0v) is 11.6. The second-order valence-corrected chi connectivity index (χ2v) is 5.22. The maximum atomic E-state index is 2.50. The van der Waals surface area contributed by atoms with E-state index in [0.717, 1.165) is 11.8 Å². The standard InChI is InChI=1S/C12H25I/c1-4-6-8-12(7-5-2)11(3)9-10-13/h11-12H,4-10H2,1-3H3. The van der Waals surface area contributed by atoms with Gasteiger partial charge < -0.3 is 0 Å². The molecule has 0 aliphatic carbocycles. The fraction of sp³-hybridized carbons (Fsp3) is 1.00. The Morgan fingerprint density at radius 3 is 2.15 bits per heavy atom. The van der Waals surface area contributed by atoms with Gasteiger partial charge in [-0.1, -0.05) is 75.5 Å². The van der Waals surface area contributed by atoms with Crippen molar-refractivity contribution in [3.63, 3.8) is 0 Å². The molecule has 0 saturated carbocycles. The lowest BCUT2D eigenvalue weighted by molar-refractivity contribution is 0.300. The van der Waals surface area contributed by atoms with Gasteiger partial charge in [0.25, 0.3) is 0 Å². The van der Waals surface area contributed by atoms with Gasteiger partial charge in [-0.2, -0.15) is 0 Å². The molecular formula is C12H25I. The number of halogens is 1. The summed E-state index contributed by atoms with van der Waals surface area (Å²) >= 11 is 2.50. The Balaban J connectivity index is 3.75. The van der Waals surface area contributed by atoms with Crippen molar-refractivity contribution in [3.8, 4) is 0 Å². The first-order valence-corrected chi connectivity index (χ1v) is 7.34. The van der Waals surface area contributed by atoms with E-state index in [4.69, 9.17) is 0 Å². The molecular weight excluding hydrogens is 271 g/mol. The van der Waals surface area contributed by atoms with Crippen LogP contribution in [0.15, 0.2) is 0 Å². The molecule has 0 spiro atoms. The van der Waals surface area contributed by atoms with Crippen LogP contribution in [0.1, 0.15) is 59.3 Å². The molecule has 0 aromatic carbocycles. The largest absolute Gasteiger partial charge is 0.0864 e. The molecule has 0 bridgehead atoms. The first-order chi connectivity index (χ1) is 6.26. The Hall–Kier alpha value is 0.730. The first-order valence-electron chi connectivity index (χ1n) is 5.82. The predicted molar refractivity (Wildman–Crippen MR) is 70.6 cm³/mol. The molecule has 13 heavy (non-hydrogen) atoms. The SMILES string of the molecule is CCCCC(CCC)C(C)CCI. The molecule has 1 heteroatoms. The van der Waals surface area contributed by atoms with Crippen molar-refractivity contribution in [3.05, 3.63) is 0 Å². The predicted octanol–water partition coefficient (Wildman–Crippen LogP) is 5.05. The van der Waals surface area contributed by atoms with Crippen molar-refractivity contribution in [2.24, 2.45) is 11.8 Å². The van der Waals surface area contributed by atoms with Gasteiger partial charge in [-0.3, -0.25) is 0 Å². The summed E-state index contributed by atoms with van der Waals surface area (Å²) in [4.78, 5) is 0. The van der Waals surface area contributed by atoms with E-state index in [1.54, 1.807) is 0 Å². The van der Waals surface area contributed by atoms with E-state index in [-0.39, 0.29) is 0 Å². The van der Waals surface area contributed by atoms with E-state index in [2.05, 4.69) is 43.4 Å². The van der Waals surface area contributed by atoms with Crippen LogP contribution in [0.25, 0.3) is 0 Å². The van der Waals surface area contributed by atoms with E-state index in [1.165, 1.54) is 43.0 Å². The number of hydrogen-bond acceptors (Lipinski definition) is 0. The maximum absolute atomic E-state index is 2.50. The van der Waals surface area contributed by atoms with Gasteiger partial charge in [-0.15, -0.1) is 0 Å². The van der Waals surface area contributed by atoms with Crippen LogP contribution in [-0.2, 0) is 0 Å². The van der Waals surface area contributed by atoms with Gasteiger partial charge >= 0.3 is 0 Å². The van der Waals surface area contributed by atoms with Crippen LogP contribution in [0.3, 0.4) is 0 Å². The van der Waals surface area contributed by atoms with Gasteiger partial charge in [0.2, 0.25) is 0 Å². The third kappa shape index (κ3) is 6.75. The lowest BCUT2D eigenvalue weighted by atomic mass is 9.84.